The highest BCUT2D eigenvalue weighted by Gasteiger charge is 2.27. The Morgan fingerprint density at radius 1 is 1.29 bits per heavy atom. The molecule has 1 saturated heterocycles. The summed E-state index contributed by atoms with van der Waals surface area (Å²) in [4.78, 5) is 13.6. The lowest BCUT2D eigenvalue weighted by atomic mass is 9.95. The van der Waals surface area contributed by atoms with Gasteiger partial charge >= 0.3 is 6.03 Å². The van der Waals surface area contributed by atoms with Gasteiger partial charge in [0.15, 0.2) is 0 Å². The molecule has 3 heteroatoms. The van der Waals surface area contributed by atoms with Crippen LogP contribution >= 0.6 is 0 Å². The molecule has 0 radical (unpaired) electrons. The average molecular weight is 196 g/mol. The molecule has 1 aliphatic carbocycles. The molecule has 2 amide bonds. The van der Waals surface area contributed by atoms with Gasteiger partial charge in [0.1, 0.15) is 0 Å². The minimum absolute atomic E-state index is 0.169. The quantitative estimate of drug-likeness (QED) is 0.719. The second kappa shape index (κ2) is 4.20. The molecule has 2 aliphatic rings. The Morgan fingerprint density at radius 3 is 2.43 bits per heavy atom. The first-order valence-electron chi connectivity index (χ1n) is 5.85. The third-order valence-electron chi connectivity index (χ3n) is 3.38. The van der Waals surface area contributed by atoms with E-state index in [1.807, 2.05) is 4.90 Å². The van der Waals surface area contributed by atoms with Gasteiger partial charge in [0, 0.05) is 19.1 Å². The maximum atomic E-state index is 11.7. The molecule has 2 rings (SSSR count). The molecule has 0 aromatic heterocycles. The van der Waals surface area contributed by atoms with Crippen LogP contribution in [0.15, 0.2) is 0 Å². The summed E-state index contributed by atoms with van der Waals surface area (Å²) in [5.41, 5.74) is 0. The SMILES string of the molecule is CCC1CCN(C(=O)NC2CC2)CC1. The van der Waals surface area contributed by atoms with E-state index >= 15 is 0 Å². The average Bonchev–Trinajstić information content (AvgIpc) is 3.02. The molecule has 0 bridgehead atoms. The molecule has 1 saturated carbocycles. The topological polar surface area (TPSA) is 32.3 Å². The summed E-state index contributed by atoms with van der Waals surface area (Å²) in [5.74, 6) is 0.847. The molecule has 1 heterocycles. The maximum absolute atomic E-state index is 11.7. The summed E-state index contributed by atoms with van der Waals surface area (Å²) in [6.45, 7) is 4.15. The third-order valence-corrected chi connectivity index (χ3v) is 3.38. The Balaban J connectivity index is 1.73. The van der Waals surface area contributed by atoms with Gasteiger partial charge in [-0.25, -0.2) is 4.79 Å². The molecule has 3 nitrogen and oxygen atoms in total. The van der Waals surface area contributed by atoms with E-state index in [2.05, 4.69) is 12.2 Å². The Bertz CT molecular complexity index is 205. The van der Waals surface area contributed by atoms with E-state index in [4.69, 9.17) is 0 Å². The van der Waals surface area contributed by atoms with Crippen molar-refractivity contribution in [3.8, 4) is 0 Å². The smallest absolute Gasteiger partial charge is 0.317 e. The predicted molar refractivity (Wildman–Crippen MR) is 56.1 cm³/mol. The number of piperidine rings is 1. The summed E-state index contributed by atoms with van der Waals surface area (Å²) >= 11 is 0. The van der Waals surface area contributed by atoms with Crippen molar-refractivity contribution in [2.45, 2.75) is 45.1 Å². The molecule has 2 fully saturated rings. The van der Waals surface area contributed by atoms with Gasteiger partial charge in [-0.1, -0.05) is 13.3 Å². The van der Waals surface area contributed by atoms with Crippen molar-refractivity contribution in [3.05, 3.63) is 0 Å². The summed E-state index contributed by atoms with van der Waals surface area (Å²) in [6, 6.07) is 0.661. The number of nitrogens with one attached hydrogen (secondary N) is 1. The molecule has 0 spiro atoms. The van der Waals surface area contributed by atoms with Gasteiger partial charge in [-0.05, 0) is 31.6 Å². The Labute approximate surface area is 85.8 Å². The van der Waals surface area contributed by atoms with Crippen LogP contribution < -0.4 is 5.32 Å². The van der Waals surface area contributed by atoms with Crippen LogP contribution in [0.25, 0.3) is 0 Å². The second-order valence-corrected chi connectivity index (χ2v) is 4.56. The van der Waals surface area contributed by atoms with Gasteiger partial charge < -0.3 is 10.2 Å². The zero-order valence-electron chi connectivity index (χ0n) is 8.96. The van der Waals surface area contributed by atoms with Crippen LogP contribution in [-0.4, -0.2) is 30.1 Å². The summed E-state index contributed by atoms with van der Waals surface area (Å²) < 4.78 is 0. The number of urea groups is 1. The number of carbonyl (C=O) groups excluding carboxylic acids is 1. The Hall–Kier alpha value is -0.730. The number of likely N-dealkylation sites (tertiary alicyclic amines) is 1. The molecule has 14 heavy (non-hydrogen) atoms. The van der Waals surface area contributed by atoms with Crippen LogP contribution in [0.3, 0.4) is 0 Å². The number of rotatable bonds is 2. The highest BCUT2D eigenvalue weighted by Crippen LogP contribution is 2.22. The molecule has 1 aliphatic heterocycles. The van der Waals surface area contributed by atoms with Crippen LogP contribution in [0.2, 0.25) is 0 Å². The Morgan fingerprint density at radius 2 is 1.93 bits per heavy atom. The van der Waals surface area contributed by atoms with Crippen LogP contribution in [0, 0.1) is 5.92 Å². The molecule has 0 atom stereocenters. The third kappa shape index (κ3) is 2.40. The summed E-state index contributed by atoms with van der Waals surface area (Å²) in [5, 5.41) is 3.04. The zero-order valence-corrected chi connectivity index (χ0v) is 8.96. The first kappa shape index (κ1) is 9.81. The van der Waals surface area contributed by atoms with Crippen LogP contribution in [0.1, 0.15) is 39.0 Å². The van der Waals surface area contributed by atoms with Crippen LogP contribution in [0.5, 0.6) is 0 Å². The number of nitrogens with zero attached hydrogens (tertiary/aromatic N) is 1. The normalized spacial score (nSPS) is 23.6. The van der Waals surface area contributed by atoms with Crippen molar-refractivity contribution >= 4 is 6.03 Å². The van der Waals surface area contributed by atoms with Crippen molar-refractivity contribution < 1.29 is 4.79 Å². The first-order valence-corrected chi connectivity index (χ1v) is 5.85. The number of amides is 2. The summed E-state index contributed by atoms with van der Waals surface area (Å²) in [7, 11) is 0. The fraction of sp³-hybridized carbons (Fsp3) is 0.909. The molecule has 80 valence electrons. The lowest BCUT2D eigenvalue weighted by molar-refractivity contribution is 0.169. The van der Waals surface area contributed by atoms with Gasteiger partial charge in [-0.3, -0.25) is 0 Å². The molecule has 1 N–H and O–H groups in total. The molecule has 0 unspecified atom stereocenters. The van der Waals surface area contributed by atoms with E-state index in [0.29, 0.717) is 6.04 Å². The van der Waals surface area contributed by atoms with Gasteiger partial charge in [-0.15, -0.1) is 0 Å². The maximum Gasteiger partial charge on any atom is 0.317 e. The lowest BCUT2D eigenvalue weighted by Gasteiger charge is -2.31. The van der Waals surface area contributed by atoms with E-state index in [1.165, 1.54) is 32.1 Å². The standard InChI is InChI=1S/C11H20N2O/c1-2-9-5-7-13(8-6-9)11(14)12-10-3-4-10/h9-10H,2-8H2,1H3,(H,12,14). The van der Waals surface area contributed by atoms with E-state index in [9.17, 15) is 4.79 Å². The zero-order chi connectivity index (χ0) is 9.97. The lowest BCUT2D eigenvalue weighted by Crippen LogP contribution is -2.45. The number of hydrogen-bond acceptors (Lipinski definition) is 1. The van der Waals surface area contributed by atoms with Gasteiger partial charge in [0.25, 0.3) is 0 Å². The number of carbonyl (C=O) groups is 1. The van der Waals surface area contributed by atoms with Crippen LogP contribution in [0.4, 0.5) is 4.79 Å². The Kier molecular flexibility index (Phi) is 2.94. The van der Waals surface area contributed by atoms with Crippen LogP contribution in [-0.2, 0) is 0 Å². The monoisotopic (exact) mass is 196 g/mol. The molecular weight excluding hydrogens is 176 g/mol. The fourth-order valence-corrected chi connectivity index (χ4v) is 2.04. The predicted octanol–water partition coefficient (Wildman–Crippen LogP) is 1.98. The van der Waals surface area contributed by atoms with Crippen molar-refractivity contribution in [1.29, 1.82) is 0 Å². The first-order chi connectivity index (χ1) is 6.79. The van der Waals surface area contributed by atoms with Crippen molar-refractivity contribution in [2.75, 3.05) is 13.1 Å². The number of hydrogen-bond donors (Lipinski definition) is 1. The minimum atomic E-state index is 0.169. The van der Waals surface area contributed by atoms with E-state index < -0.39 is 0 Å². The fourth-order valence-electron chi connectivity index (χ4n) is 2.04. The minimum Gasteiger partial charge on any atom is -0.335 e. The highest BCUT2D eigenvalue weighted by molar-refractivity contribution is 5.74. The second-order valence-electron chi connectivity index (χ2n) is 4.56. The van der Waals surface area contributed by atoms with Crippen molar-refractivity contribution in [3.63, 3.8) is 0 Å². The van der Waals surface area contributed by atoms with E-state index in [-0.39, 0.29) is 6.03 Å². The van der Waals surface area contributed by atoms with E-state index in [1.54, 1.807) is 0 Å². The van der Waals surface area contributed by atoms with Gasteiger partial charge in [0.05, 0.1) is 0 Å². The van der Waals surface area contributed by atoms with Crippen molar-refractivity contribution in [2.24, 2.45) is 5.92 Å². The summed E-state index contributed by atoms with van der Waals surface area (Å²) in [6.07, 6.45) is 6.00. The van der Waals surface area contributed by atoms with Crippen molar-refractivity contribution in [1.82, 2.24) is 10.2 Å². The molecule has 0 aromatic carbocycles. The molecule has 0 aromatic rings. The highest BCUT2D eigenvalue weighted by atomic mass is 16.2. The van der Waals surface area contributed by atoms with E-state index in [0.717, 1.165) is 19.0 Å². The van der Waals surface area contributed by atoms with Gasteiger partial charge in [0.2, 0.25) is 0 Å². The largest absolute Gasteiger partial charge is 0.335 e. The molecular formula is C11H20N2O. The van der Waals surface area contributed by atoms with Gasteiger partial charge in [-0.2, -0.15) is 0 Å².